The number of fused-ring (bicyclic) bond motifs is 1. The number of likely N-dealkylation sites (tertiary alicyclic amines) is 1. The van der Waals surface area contributed by atoms with Crippen LogP contribution in [0.25, 0.3) is 0 Å². The molecule has 0 aromatic heterocycles. The van der Waals surface area contributed by atoms with Crippen LogP contribution in [-0.4, -0.2) is 47.6 Å². The third-order valence-electron chi connectivity index (χ3n) is 6.44. The van der Waals surface area contributed by atoms with Crippen molar-refractivity contribution >= 4 is 11.9 Å². The maximum atomic E-state index is 13.0. The van der Waals surface area contributed by atoms with Crippen molar-refractivity contribution in [2.45, 2.75) is 58.0 Å². The largest absolute Gasteiger partial charge is 0.480 e. The number of carbonyl (C=O) groups is 2. The van der Waals surface area contributed by atoms with Gasteiger partial charge in [-0.05, 0) is 37.1 Å². The van der Waals surface area contributed by atoms with Gasteiger partial charge in [-0.1, -0.05) is 33.1 Å². The molecule has 1 saturated heterocycles. The molecular formula is C17H28N2O3. The Kier molecular flexibility index (Phi) is 3.96. The zero-order valence-corrected chi connectivity index (χ0v) is 13.8. The Hall–Kier alpha value is -1.10. The van der Waals surface area contributed by atoms with Crippen molar-refractivity contribution in [2.75, 3.05) is 13.6 Å². The molecule has 22 heavy (non-hydrogen) atoms. The lowest BCUT2D eigenvalue weighted by Crippen LogP contribution is -2.54. The summed E-state index contributed by atoms with van der Waals surface area (Å²) in [7, 11) is 1.83. The van der Waals surface area contributed by atoms with E-state index >= 15 is 0 Å². The maximum Gasteiger partial charge on any atom is 0.326 e. The molecule has 0 aromatic rings. The van der Waals surface area contributed by atoms with Crippen molar-refractivity contribution in [3.05, 3.63) is 0 Å². The summed E-state index contributed by atoms with van der Waals surface area (Å²) in [6.45, 7) is 4.85. The first kappa shape index (κ1) is 15.8. The lowest BCUT2D eigenvalue weighted by atomic mass is 9.83. The molecule has 1 amide bonds. The number of aliphatic carboxylic acids is 1. The molecular weight excluding hydrogens is 280 g/mol. The molecule has 0 bridgehead atoms. The third-order valence-corrected chi connectivity index (χ3v) is 6.44. The molecule has 0 radical (unpaired) electrons. The minimum absolute atomic E-state index is 0.00444. The van der Waals surface area contributed by atoms with Crippen molar-refractivity contribution in [1.29, 1.82) is 0 Å². The number of hydrogen-bond acceptors (Lipinski definition) is 3. The van der Waals surface area contributed by atoms with Gasteiger partial charge in [-0.25, -0.2) is 4.79 Å². The summed E-state index contributed by atoms with van der Waals surface area (Å²) in [4.78, 5) is 26.3. The third kappa shape index (κ3) is 2.34. The van der Waals surface area contributed by atoms with Gasteiger partial charge in [0.25, 0.3) is 0 Å². The molecule has 3 aliphatic rings. The second-order valence-corrected chi connectivity index (χ2v) is 7.89. The fourth-order valence-electron chi connectivity index (χ4n) is 5.00. The quantitative estimate of drug-likeness (QED) is 0.830. The van der Waals surface area contributed by atoms with E-state index in [4.69, 9.17) is 0 Å². The Labute approximate surface area is 132 Å². The normalized spacial score (nSPS) is 35.0. The Morgan fingerprint density at radius 2 is 1.86 bits per heavy atom. The Balaban J connectivity index is 1.75. The van der Waals surface area contributed by atoms with Gasteiger partial charge in [0.2, 0.25) is 5.91 Å². The Bertz CT molecular complexity index is 471. The van der Waals surface area contributed by atoms with Gasteiger partial charge < -0.3 is 15.3 Å². The number of nitrogens with zero attached hydrogens (tertiary/aromatic N) is 1. The van der Waals surface area contributed by atoms with Gasteiger partial charge in [0.05, 0.1) is 6.04 Å². The van der Waals surface area contributed by atoms with E-state index < -0.39 is 12.0 Å². The zero-order chi connectivity index (χ0) is 16.1. The first-order valence-electron chi connectivity index (χ1n) is 8.60. The van der Waals surface area contributed by atoms with Gasteiger partial charge in [0, 0.05) is 12.5 Å². The van der Waals surface area contributed by atoms with Gasteiger partial charge in [0.1, 0.15) is 6.04 Å². The smallest absolute Gasteiger partial charge is 0.326 e. The summed E-state index contributed by atoms with van der Waals surface area (Å²) < 4.78 is 0. The summed E-state index contributed by atoms with van der Waals surface area (Å²) in [5, 5.41) is 12.8. The number of rotatable bonds is 4. The van der Waals surface area contributed by atoms with Crippen LogP contribution in [-0.2, 0) is 9.59 Å². The molecule has 3 rings (SSSR count). The number of hydrogen-bond donors (Lipinski definition) is 2. The summed E-state index contributed by atoms with van der Waals surface area (Å²) in [6.07, 6.45) is 5.75. The van der Waals surface area contributed by atoms with Crippen LogP contribution < -0.4 is 5.32 Å². The molecule has 2 aliphatic carbocycles. The molecule has 4 atom stereocenters. The molecule has 0 spiro atoms. The van der Waals surface area contributed by atoms with Crippen molar-refractivity contribution in [3.63, 3.8) is 0 Å². The first-order chi connectivity index (χ1) is 10.4. The highest BCUT2D eigenvalue weighted by Gasteiger charge is 2.69. The van der Waals surface area contributed by atoms with E-state index in [9.17, 15) is 14.7 Å². The van der Waals surface area contributed by atoms with Crippen LogP contribution >= 0.6 is 0 Å². The van der Waals surface area contributed by atoms with Crippen molar-refractivity contribution in [2.24, 2.45) is 23.2 Å². The molecule has 124 valence electrons. The Morgan fingerprint density at radius 1 is 1.23 bits per heavy atom. The van der Waals surface area contributed by atoms with Crippen LogP contribution in [0.2, 0.25) is 0 Å². The minimum Gasteiger partial charge on any atom is -0.480 e. The molecule has 5 nitrogen and oxygen atoms in total. The lowest BCUT2D eigenvalue weighted by Gasteiger charge is -2.35. The average molecular weight is 308 g/mol. The second kappa shape index (κ2) is 5.52. The number of carboxylic acids is 1. The number of carboxylic acid groups (broad SMARTS) is 1. The van der Waals surface area contributed by atoms with Crippen LogP contribution in [0, 0.1) is 23.2 Å². The van der Waals surface area contributed by atoms with Crippen LogP contribution in [0.3, 0.4) is 0 Å². The summed E-state index contributed by atoms with van der Waals surface area (Å²) in [5.74, 6) is -0.0143. The number of likely N-dealkylation sites (N-methyl/N-ethyl adjacent to an activating group) is 1. The van der Waals surface area contributed by atoms with Crippen LogP contribution in [0.5, 0.6) is 0 Å². The molecule has 1 unspecified atom stereocenters. The van der Waals surface area contributed by atoms with Crippen LogP contribution in [0.4, 0.5) is 0 Å². The predicted molar refractivity (Wildman–Crippen MR) is 83.3 cm³/mol. The molecule has 0 aromatic carbocycles. The standard InChI is InChI=1S/C17H28N2O3/c1-17(2)11-9-19(14(12(11)17)16(21)22)15(20)13(18-3)10-7-5-4-6-8-10/h10-14,18H,4-9H2,1-3H3,(H,21,22)/t11-,12?,13-,14-/m0/s1. The van der Waals surface area contributed by atoms with E-state index in [0.717, 1.165) is 12.8 Å². The molecule has 2 N–H and O–H groups in total. The molecule has 5 heteroatoms. The summed E-state index contributed by atoms with van der Waals surface area (Å²) in [5.41, 5.74) is 0.0693. The topological polar surface area (TPSA) is 69.6 Å². The second-order valence-electron chi connectivity index (χ2n) is 7.89. The van der Waals surface area contributed by atoms with E-state index in [2.05, 4.69) is 19.2 Å². The zero-order valence-electron chi connectivity index (χ0n) is 13.8. The van der Waals surface area contributed by atoms with E-state index in [0.29, 0.717) is 18.4 Å². The lowest BCUT2D eigenvalue weighted by molar-refractivity contribution is -0.151. The maximum absolute atomic E-state index is 13.0. The highest BCUT2D eigenvalue weighted by atomic mass is 16.4. The number of nitrogens with one attached hydrogen (secondary N) is 1. The van der Waals surface area contributed by atoms with Gasteiger partial charge in [-0.2, -0.15) is 0 Å². The van der Waals surface area contributed by atoms with E-state index in [-0.39, 0.29) is 23.3 Å². The fourth-order valence-corrected chi connectivity index (χ4v) is 5.00. The van der Waals surface area contributed by atoms with Gasteiger partial charge >= 0.3 is 5.97 Å². The SMILES string of the molecule is CN[C@H](C(=O)N1C[C@H]2C([C@H]1C(=O)O)C2(C)C)C1CCCCC1. The minimum atomic E-state index is -0.843. The number of carbonyl (C=O) groups excluding carboxylic acids is 1. The van der Waals surface area contributed by atoms with E-state index in [1.54, 1.807) is 4.90 Å². The number of piperidine rings is 1. The fraction of sp³-hybridized carbons (Fsp3) is 0.882. The molecule has 2 saturated carbocycles. The van der Waals surface area contributed by atoms with E-state index in [1.165, 1.54) is 19.3 Å². The van der Waals surface area contributed by atoms with Gasteiger partial charge in [-0.3, -0.25) is 4.79 Å². The molecule has 3 fully saturated rings. The van der Waals surface area contributed by atoms with Crippen LogP contribution in [0.1, 0.15) is 46.0 Å². The van der Waals surface area contributed by atoms with Crippen molar-refractivity contribution in [1.82, 2.24) is 10.2 Å². The van der Waals surface area contributed by atoms with Crippen LogP contribution in [0.15, 0.2) is 0 Å². The van der Waals surface area contributed by atoms with E-state index in [1.807, 2.05) is 7.05 Å². The molecule has 1 heterocycles. The monoisotopic (exact) mass is 308 g/mol. The summed E-state index contributed by atoms with van der Waals surface area (Å²) >= 11 is 0. The average Bonchev–Trinajstić information content (AvgIpc) is 2.88. The first-order valence-corrected chi connectivity index (χ1v) is 8.60. The van der Waals surface area contributed by atoms with Crippen molar-refractivity contribution in [3.8, 4) is 0 Å². The van der Waals surface area contributed by atoms with Crippen molar-refractivity contribution < 1.29 is 14.7 Å². The van der Waals surface area contributed by atoms with Gasteiger partial charge in [0.15, 0.2) is 0 Å². The predicted octanol–water partition coefficient (Wildman–Crippen LogP) is 1.72. The highest BCUT2D eigenvalue weighted by molar-refractivity contribution is 5.89. The highest BCUT2D eigenvalue weighted by Crippen LogP contribution is 2.64. The number of amides is 1. The summed E-state index contributed by atoms with van der Waals surface area (Å²) in [6, 6.07) is -0.852. The Morgan fingerprint density at radius 3 is 2.41 bits per heavy atom. The van der Waals surface area contributed by atoms with Gasteiger partial charge in [-0.15, -0.1) is 0 Å². The molecule has 1 aliphatic heterocycles.